The number of nitrogens with zero attached hydrogens (tertiary/aromatic N) is 1. The third-order valence-electron chi connectivity index (χ3n) is 2.81. The maximum atomic E-state index is 11.2. The highest BCUT2D eigenvalue weighted by Crippen LogP contribution is 2.35. The summed E-state index contributed by atoms with van der Waals surface area (Å²) >= 11 is 1.45. The summed E-state index contributed by atoms with van der Waals surface area (Å²) in [7, 11) is 0. The Morgan fingerprint density at radius 1 is 1.44 bits per heavy atom. The van der Waals surface area contributed by atoms with Crippen LogP contribution in [0.1, 0.15) is 55.2 Å². The molecule has 0 unspecified atom stereocenters. The molecule has 0 spiro atoms. The van der Waals surface area contributed by atoms with Gasteiger partial charge in [0.15, 0.2) is 5.78 Å². The van der Waals surface area contributed by atoms with Gasteiger partial charge in [-0.3, -0.25) is 4.79 Å². The number of carbonyl (C=O) groups is 1. The maximum absolute atomic E-state index is 11.2. The van der Waals surface area contributed by atoms with Crippen molar-refractivity contribution in [3.63, 3.8) is 0 Å². The summed E-state index contributed by atoms with van der Waals surface area (Å²) in [6.45, 7) is 8.40. The number of rotatable bonds is 6. The van der Waals surface area contributed by atoms with Crippen LogP contribution in [-0.4, -0.2) is 17.4 Å². The lowest BCUT2D eigenvalue weighted by molar-refractivity contribution is -0.0506. The topological polar surface area (TPSA) is 39.2 Å². The molecule has 0 amide bonds. The Kier molecular flexibility index (Phi) is 4.62. The fourth-order valence-corrected chi connectivity index (χ4v) is 2.84. The Balaban J connectivity index is 3.05. The SMILES string of the molecule is CCOC(CC)(CC)c1ncc(C(C)=O)s1. The van der Waals surface area contributed by atoms with Gasteiger partial charge in [-0.1, -0.05) is 13.8 Å². The number of aromatic nitrogens is 1. The van der Waals surface area contributed by atoms with Gasteiger partial charge in [0.2, 0.25) is 0 Å². The summed E-state index contributed by atoms with van der Waals surface area (Å²) in [5.41, 5.74) is -0.312. The molecular formula is C12H19NO2S. The van der Waals surface area contributed by atoms with Crippen LogP contribution in [-0.2, 0) is 10.3 Å². The molecule has 1 aromatic rings. The summed E-state index contributed by atoms with van der Waals surface area (Å²) in [4.78, 5) is 16.3. The van der Waals surface area contributed by atoms with Gasteiger partial charge in [-0.2, -0.15) is 0 Å². The van der Waals surface area contributed by atoms with Crippen LogP contribution in [0.5, 0.6) is 0 Å². The number of hydrogen-bond donors (Lipinski definition) is 0. The minimum Gasteiger partial charge on any atom is -0.368 e. The molecule has 1 rings (SSSR count). The molecule has 0 aliphatic rings. The van der Waals surface area contributed by atoms with Gasteiger partial charge in [0.1, 0.15) is 10.6 Å². The molecule has 0 aliphatic heterocycles. The number of carbonyl (C=O) groups excluding carboxylic acids is 1. The van der Waals surface area contributed by atoms with Gasteiger partial charge in [0.05, 0.1) is 4.88 Å². The van der Waals surface area contributed by atoms with E-state index >= 15 is 0 Å². The third kappa shape index (κ3) is 2.50. The van der Waals surface area contributed by atoms with Crippen molar-refractivity contribution in [1.82, 2.24) is 4.98 Å². The van der Waals surface area contributed by atoms with Crippen molar-refractivity contribution in [3.8, 4) is 0 Å². The average molecular weight is 241 g/mol. The summed E-state index contributed by atoms with van der Waals surface area (Å²) in [5, 5.41) is 0.921. The zero-order chi connectivity index (χ0) is 12.2. The first kappa shape index (κ1) is 13.3. The van der Waals surface area contributed by atoms with Crippen molar-refractivity contribution in [3.05, 3.63) is 16.1 Å². The summed E-state index contributed by atoms with van der Waals surface area (Å²) in [6.07, 6.45) is 3.41. The lowest BCUT2D eigenvalue weighted by Crippen LogP contribution is -2.28. The van der Waals surface area contributed by atoms with Gasteiger partial charge in [-0.15, -0.1) is 11.3 Å². The van der Waals surface area contributed by atoms with Gasteiger partial charge in [0, 0.05) is 19.7 Å². The molecule has 0 aromatic carbocycles. The molecule has 0 fully saturated rings. The Bertz CT molecular complexity index is 356. The highest BCUT2D eigenvalue weighted by Gasteiger charge is 2.32. The molecule has 4 heteroatoms. The number of hydrogen-bond acceptors (Lipinski definition) is 4. The van der Waals surface area contributed by atoms with Crippen LogP contribution in [0.2, 0.25) is 0 Å². The molecule has 16 heavy (non-hydrogen) atoms. The molecule has 0 atom stereocenters. The number of Topliss-reactive ketones (excluding diaryl/α,β-unsaturated/α-hetero) is 1. The molecule has 0 aliphatic carbocycles. The van der Waals surface area contributed by atoms with Crippen molar-refractivity contribution >= 4 is 17.1 Å². The minimum absolute atomic E-state index is 0.0707. The molecule has 90 valence electrons. The Morgan fingerprint density at radius 2 is 2.06 bits per heavy atom. The molecule has 0 bridgehead atoms. The van der Waals surface area contributed by atoms with Gasteiger partial charge >= 0.3 is 0 Å². The molecule has 0 saturated heterocycles. The second-order valence-electron chi connectivity index (χ2n) is 3.72. The average Bonchev–Trinajstić information content (AvgIpc) is 2.76. The largest absolute Gasteiger partial charge is 0.368 e. The summed E-state index contributed by atoms with van der Waals surface area (Å²) < 4.78 is 5.84. The van der Waals surface area contributed by atoms with E-state index in [-0.39, 0.29) is 11.4 Å². The number of ether oxygens (including phenoxy) is 1. The molecule has 3 nitrogen and oxygen atoms in total. The highest BCUT2D eigenvalue weighted by atomic mass is 32.1. The fraction of sp³-hybridized carbons (Fsp3) is 0.667. The standard InChI is InChI=1S/C12H19NO2S/c1-5-12(6-2,15-7-3)11-13-8-10(16-11)9(4)14/h8H,5-7H2,1-4H3. The number of ketones is 1. The van der Waals surface area contributed by atoms with Crippen LogP contribution in [0.4, 0.5) is 0 Å². The molecule has 1 heterocycles. The monoisotopic (exact) mass is 241 g/mol. The zero-order valence-electron chi connectivity index (χ0n) is 10.4. The molecule has 0 radical (unpaired) electrons. The van der Waals surface area contributed by atoms with Gasteiger partial charge in [-0.05, 0) is 19.8 Å². The second-order valence-corrected chi connectivity index (χ2v) is 4.75. The zero-order valence-corrected chi connectivity index (χ0v) is 11.2. The minimum atomic E-state index is -0.312. The Hall–Kier alpha value is -0.740. The lowest BCUT2D eigenvalue weighted by atomic mass is 9.98. The van der Waals surface area contributed by atoms with Crippen LogP contribution >= 0.6 is 11.3 Å². The molecule has 0 saturated carbocycles. The van der Waals surface area contributed by atoms with E-state index in [1.54, 1.807) is 13.1 Å². The predicted octanol–water partition coefficient (Wildman–Crippen LogP) is 3.40. The van der Waals surface area contributed by atoms with Crippen molar-refractivity contribution in [2.75, 3.05) is 6.61 Å². The normalized spacial score (nSPS) is 11.8. The van der Waals surface area contributed by atoms with Gasteiger partial charge in [-0.25, -0.2) is 4.98 Å². The molecular weight excluding hydrogens is 222 g/mol. The lowest BCUT2D eigenvalue weighted by Gasteiger charge is -2.29. The highest BCUT2D eigenvalue weighted by molar-refractivity contribution is 7.13. The van der Waals surface area contributed by atoms with Crippen LogP contribution in [0, 0.1) is 0 Å². The quantitative estimate of drug-likeness (QED) is 0.717. The van der Waals surface area contributed by atoms with Crippen molar-refractivity contribution < 1.29 is 9.53 Å². The smallest absolute Gasteiger partial charge is 0.171 e. The van der Waals surface area contributed by atoms with Gasteiger partial charge in [0.25, 0.3) is 0 Å². The van der Waals surface area contributed by atoms with E-state index in [4.69, 9.17) is 4.74 Å². The first-order valence-corrected chi connectivity index (χ1v) is 6.52. The maximum Gasteiger partial charge on any atom is 0.171 e. The third-order valence-corrected chi connectivity index (χ3v) is 4.09. The second kappa shape index (κ2) is 5.55. The van der Waals surface area contributed by atoms with E-state index in [1.165, 1.54) is 11.3 Å². The first-order chi connectivity index (χ1) is 7.59. The van der Waals surface area contributed by atoms with Gasteiger partial charge < -0.3 is 4.74 Å². The van der Waals surface area contributed by atoms with E-state index in [2.05, 4.69) is 18.8 Å². The van der Waals surface area contributed by atoms with Crippen LogP contribution in [0.3, 0.4) is 0 Å². The molecule has 0 N–H and O–H groups in total. The summed E-state index contributed by atoms with van der Waals surface area (Å²) in [5.74, 6) is 0.0707. The van der Waals surface area contributed by atoms with E-state index < -0.39 is 0 Å². The van der Waals surface area contributed by atoms with Crippen molar-refractivity contribution in [1.29, 1.82) is 0 Å². The van der Waals surface area contributed by atoms with Crippen molar-refractivity contribution in [2.24, 2.45) is 0 Å². The van der Waals surface area contributed by atoms with E-state index in [9.17, 15) is 4.79 Å². The van der Waals surface area contributed by atoms with E-state index in [0.717, 1.165) is 17.8 Å². The summed E-state index contributed by atoms with van der Waals surface area (Å²) in [6, 6.07) is 0. The van der Waals surface area contributed by atoms with E-state index in [1.807, 2.05) is 6.92 Å². The van der Waals surface area contributed by atoms with Crippen LogP contribution < -0.4 is 0 Å². The first-order valence-electron chi connectivity index (χ1n) is 5.70. The van der Waals surface area contributed by atoms with Crippen LogP contribution in [0.25, 0.3) is 0 Å². The Labute approximate surface area is 101 Å². The predicted molar refractivity (Wildman–Crippen MR) is 66.0 cm³/mol. The Morgan fingerprint density at radius 3 is 2.44 bits per heavy atom. The fourth-order valence-electron chi connectivity index (χ4n) is 1.74. The number of thiazole rings is 1. The van der Waals surface area contributed by atoms with Crippen LogP contribution in [0.15, 0.2) is 6.20 Å². The van der Waals surface area contributed by atoms with E-state index in [0.29, 0.717) is 11.5 Å². The molecule has 1 aromatic heterocycles. The van der Waals surface area contributed by atoms with Crippen molar-refractivity contribution in [2.45, 2.75) is 46.1 Å².